The van der Waals surface area contributed by atoms with Crippen LogP contribution in [0.25, 0.3) is 11.3 Å². The van der Waals surface area contributed by atoms with E-state index in [1.54, 1.807) is 0 Å². The van der Waals surface area contributed by atoms with Gasteiger partial charge in [0.25, 0.3) is 0 Å². The van der Waals surface area contributed by atoms with Gasteiger partial charge in [-0.1, -0.05) is 56.8 Å². The van der Waals surface area contributed by atoms with Crippen molar-refractivity contribution in [1.29, 1.82) is 5.26 Å². The lowest BCUT2D eigenvalue weighted by molar-refractivity contribution is 0.122. The smallest absolute Gasteiger partial charge is 0.189 e. The largest absolute Gasteiger partial charge is 0.378 e. The first kappa shape index (κ1) is 18.7. The zero-order valence-electron chi connectivity index (χ0n) is 15.7. The average molecular weight is 369 g/mol. The highest BCUT2D eigenvalue weighted by atomic mass is 32.2. The zero-order chi connectivity index (χ0) is 18.7. The topological polar surface area (TPSA) is 62.0 Å². The summed E-state index contributed by atoms with van der Waals surface area (Å²) in [6.45, 7) is 9.35. The Balaban J connectivity index is 2.10. The highest BCUT2D eigenvalue weighted by molar-refractivity contribution is 7.98. The summed E-state index contributed by atoms with van der Waals surface area (Å²) in [5, 5.41) is 10.5. The molecule has 3 rings (SSSR count). The minimum atomic E-state index is 0.0889. The molecule has 0 unspecified atom stereocenters. The number of thioether (sulfide) groups is 1. The fourth-order valence-corrected chi connectivity index (χ4v) is 3.32. The second kappa shape index (κ2) is 7.65. The van der Waals surface area contributed by atoms with Crippen molar-refractivity contribution in [3.8, 4) is 17.3 Å². The average Bonchev–Trinajstić information content (AvgIpc) is 2.67. The summed E-state index contributed by atoms with van der Waals surface area (Å²) in [5.74, 6) is 0.713. The van der Waals surface area contributed by atoms with Gasteiger partial charge in [0, 0.05) is 18.7 Å². The number of nitrogens with zero attached hydrogens (tertiary/aromatic N) is 4. The number of hydrogen-bond donors (Lipinski definition) is 0. The summed E-state index contributed by atoms with van der Waals surface area (Å²) in [5.41, 5.74) is 3.53. The molecule has 5 nitrogen and oxygen atoms in total. The number of morpholine rings is 1. The maximum Gasteiger partial charge on any atom is 0.189 e. The Hall–Kier alpha value is -2.10. The summed E-state index contributed by atoms with van der Waals surface area (Å²) in [7, 11) is 0. The highest BCUT2D eigenvalue weighted by Crippen LogP contribution is 2.32. The SMILES string of the molecule is CSc1nc(-c2ccc(C(C)(C)C)cc2)c(C#N)c(N2CCOCC2)n1. The van der Waals surface area contributed by atoms with Crippen molar-refractivity contribution in [1.82, 2.24) is 9.97 Å². The molecule has 0 aliphatic carbocycles. The number of anilines is 1. The van der Waals surface area contributed by atoms with Crippen molar-refractivity contribution in [3.05, 3.63) is 35.4 Å². The van der Waals surface area contributed by atoms with E-state index in [2.05, 4.69) is 66.0 Å². The molecule has 1 fully saturated rings. The first-order valence-corrected chi connectivity index (χ1v) is 9.96. The van der Waals surface area contributed by atoms with Crippen molar-refractivity contribution < 1.29 is 4.74 Å². The standard InChI is InChI=1S/C20H24N4OS/c1-20(2,3)15-7-5-14(6-8-15)17-16(13-21)18(23-19(22-17)26-4)24-9-11-25-12-10-24/h5-8H,9-12H2,1-4H3. The Morgan fingerprint density at radius 3 is 2.31 bits per heavy atom. The Kier molecular flexibility index (Phi) is 5.49. The molecular weight excluding hydrogens is 344 g/mol. The van der Waals surface area contributed by atoms with Crippen LogP contribution in [0, 0.1) is 11.3 Å². The van der Waals surface area contributed by atoms with E-state index >= 15 is 0 Å². The molecular formula is C20H24N4OS. The van der Waals surface area contributed by atoms with Gasteiger partial charge in [0.05, 0.1) is 18.9 Å². The van der Waals surface area contributed by atoms with E-state index in [4.69, 9.17) is 4.74 Å². The second-order valence-electron chi connectivity index (χ2n) is 7.30. The summed E-state index contributed by atoms with van der Waals surface area (Å²) in [6, 6.07) is 10.7. The monoisotopic (exact) mass is 368 g/mol. The Labute approximate surface area is 159 Å². The van der Waals surface area contributed by atoms with Gasteiger partial charge in [0.2, 0.25) is 0 Å². The summed E-state index contributed by atoms with van der Waals surface area (Å²) in [4.78, 5) is 11.4. The first-order valence-electron chi connectivity index (χ1n) is 8.74. The van der Waals surface area contributed by atoms with Gasteiger partial charge in [-0.25, -0.2) is 9.97 Å². The molecule has 26 heavy (non-hydrogen) atoms. The normalized spacial score (nSPS) is 15.0. The van der Waals surface area contributed by atoms with Crippen LogP contribution in [-0.2, 0) is 10.2 Å². The Morgan fingerprint density at radius 1 is 1.12 bits per heavy atom. The van der Waals surface area contributed by atoms with Crippen LogP contribution in [0.1, 0.15) is 31.9 Å². The number of benzene rings is 1. The third-order valence-corrected chi connectivity index (χ3v) is 5.05. The number of ether oxygens (including phenoxy) is 1. The molecule has 1 aromatic heterocycles. The van der Waals surface area contributed by atoms with E-state index < -0.39 is 0 Å². The first-order chi connectivity index (χ1) is 12.4. The van der Waals surface area contributed by atoms with Crippen LogP contribution in [0.3, 0.4) is 0 Å². The maximum absolute atomic E-state index is 9.84. The van der Waals surface area contributed by atoms with Gasteiger partial charge in [-0.2, -0.15) is 5.26 Å². The molecule has 0 atom stereocenters. The van der Waals surface area contributed by atoms with Gasteiger partial charge < -0.3 is 9.64 Å². The molecule has 0 radical (unpaired) electrons. The molecule has 0 amide bonds. The van der Waals surface area contributed by atoms with Crippen LogP contribution in [0.4, 0.5) is 5.82 Å². The van der Waals surface area contributed by atoms with Crippen LogP contribution in [0.2, 0.25) is 0 Å². The van der Waals surface area contributed by atoms with Crippen molar-refractivity contribution in [2.45, 2.75) is 31.3 Å². The quantitative estimate of drug-likeness (QED) is 0.605. The van der Waals surface area contributed by atoms with Crippen LogP contribution in [-0.4, -0.2) is 42.5 Å². The molecule has 136 valence electrons. The van der Waals surface area contributed by atoms with E-state index in [9.17, 15) is 5.26 Å². The van der Waals surface area contributed by atoms with Crippen LogP contribution in [0.15, 0.2) is 29.4 Å². The third-order valence-electron chi connectivity index (χ3n) is 4.50. The maximum atomic E-state index is 9.84. The molecule has 2 aromatic rings. The molecule has 0 bridgehead atoms. The second-order valence-corrected chi connectivity index (χ2v) is 8.07. The minimum Gasteiger partial charge on any atom is -0.378 e. The van der Waals surface area contributed by atoms with Crippen molar-refractivity contribution >= 4 is 17.6 Å². The van der Waals surface area contributed by atoms with Gasteiger partial charge in [0.15, 0.2) is 11.0 Å². The van der Waals surface area contributed by atoms with E-state index in [1.807, 2.05) is 6.26 Å². The van der Waals surface area contributed by atoms with E-state index in [0.717, 1.165) is 18.7 Å². The molecule has 2 heterocycles. The zero-order valence-corrected chi connectivity index (χ0v) is 16.6. The van der Waals surface area contributed by atoms with E-state index in [1.165, 1.54) is 17.3 Å². The number of aromatic nitrogens is 2. The van der Waals surface area contributed by atoms with E-state index in [-0.39, 0.29) is 5.41 Å². The number of hydrogen-bond acceptors (Lipinski definition) is 6. The highest BCUT2D eigenvalue weighted by Gasteiger charge is 2.22. The third kappa shape index (κ3) is 3.84. The van der Waals surface area contributed by atoms with Gasteiger partial charge in [-0.05, 0) is 17.2 Å². The summed E-state index contributed by atoms with van der Waals surface area (Å²) >= 11 is 1.49. The molecule has 0 saturated carbocycles. The number of rotatable bonds is 3. The molecule has 1 aromatic carbocycles. The summed E-state index contributed by atoms with van der Waals surface area (Å²) in [6.07, 6.45) is 1.96. The van der Waals surface area contributed by atoms with Crippen LogP contribution >= 0.6 is 11.8 Å². The molecule has 1 saturated heterocycles. The lowest BCUT2D eigenvalue weighted by atomic mass is 9.86. The van der Waals surface area contributed by atoms with Gasteiger partial charge in [-0.15, -0.1) is 0 Å². The molecule has 0 spiro atoms. The Bertz CT molecular complexity index is 815. The van der Waals surface area contributed by atoms with Crippen molar-refractivity contribution in [2.24, 2.45) is 0 Å². The predicted octanol–water partition coefficient (Wildman–Crippen LogP) is 3.87. The summed E-state index contributed by atoms with van der Waals surface area (Å²) < 4.78 is 5.44. The van der Waals surface area contributed by atoms with Crippen LogP contribution in [0.5, 0.6) is 0 Å². The molecule has 1 aliphatic rings. The fourth-order valence-electron chi connectivity index (χ4n) is 2.96. The molecule has 0 N–H and O–H groups in total. The van der Waals surface area contributed by atoms with Crippen LogP contribution < -0.4 is 4.90 Å². The predicted molar refractivity (Wildman–Crippen MR) is 106 cm³/mol. The lowest BCUT2D eigenvalue weighted by Crippen LogP contribution is -2.37. The fraction of sp³-hybridized carbons (Fsp3) is 0.450. The molecule has 1 aliphatic heterocycles. The molecule has 6 heteroatoms. The van der Waals surface area contributed by atoms with Crippen molar-refractivity contribution in [3.63, 3.8) is 0 Å². The van der Waals surface area contributed by atoms with Crippen molar-refractivity contribution in [2.75, 3.05) is 37.5 Å². The minimum absolute atomic E-state index is 0.0889. The van der Waals surface area contributed by atoms with Gasteiger partial charge in [-0.3, -0.25) is 0 Å². The Morgan fingerprint density at radius 2 is 1.77 bits per heavy atom. The number of nitriles is 1. The van der Waals surface area contributed by atoms with Gasteiger partial charge in [0.1, 0.15) is 11.6 Å². The van der Waals surface area contributed by atoms with E-state index in [0.29, 0.717) is 35.4 Å². The van der Waals surface area contributed by atoms with Gasteiger partial charge >= 0.3 is 0 Å². The lowest BCUT2D eigenvalue weighted by Gasteiger charge is -2.29.